The number of carbonyl (C=O) groups excluding carboxylic acids is 2. The highest BCUT2D eigenvalue weighted by atomic mass is 35.5. The zero-order valence-corrected chi connectivity index (χ0v) is 15.6. The van der Waals surface area contributed by atoms with E-state index in [1.807, 2.05) is 6.92 Å². The van der Waals surface area contributed by atoms with Gasteiger partial charge in [-0.15, -0.1) is 0 Å². The predicted molar refractivity (Wildman–Crippen MR) is 101 cm³/mol. The van der Waals surface area contributed by atoms with Gasteiger partial charge in [0.05, 0.1) is 5.69 Å². The summed E-state index contributed by atoms with van der Waals surface area (Å²) < 4.78 is 1.24. The Bertz CT molecular complexity index is 1150. The third-order valence-corrected chi connectivity index (χ3v) is 5.55. The largest absolute Gasteiger partial charge is 0.284 e. The average molecular weight is 388 g/mol. The summed E-state index contributed by atoms with van der Waals surface area (Å²) in [6.07, 6.45) is 1.53. The molecular formula is C18H14ClN3O3S. The predicted octanol–water partition coefficient (Wildman–Crippen LogP) is 3.47. The van der Waals surface area contributed by atoms with Gasteiger partial charge in [-0.1, -0.05) is 36.3 Å². The van der Waals surface area contributed by atoms with Gasteiger partial charge in [0.1, 0.15) is 10.6 Å². The van der Waals surface area contributed by atoms with Crippen LogP contribution in [0.1, 0.15) is 44.8 Å². The topological polar surface area (TPSA) is 71.8 Å². The van der Waals surface area contributed by atoms with Crippen LogP contribution in [0.2, 0.25) is 5.02 Å². The number of fused-ring (bicyclic) bond motifs is 3. The number of nitrogens with zero attached hydrogens (tertiary/aromatic N) is 3. The lowest BCUT2D eigenvalue weighted by Crippen LogP contribution is -2.31. The van der Waals surface area contributed by atoms with E-state index in [0.717, 1.165) is 22.7 Å². The Morgan fingerprint density at radius 3 is 2.62 bits per heavy atom. The smallest absolute Gasteiger partial charge is 0.269 e. The Hall–Kier alpha value is -2.51. The molecule has 3 heterocycles. The molecule has 0 N–H and O–H groups in total. The molecule has 0 bridgehead atoms. The van der Waals surface area contributed by atoms with Gasteiger partial charge in [-0.2, -0.15) is 0 Å². The number of carbonyl (C=O) groups is 2. The summed E-state index contributed by atoms with van der Waals surface area (Å²) >= 11 is 7.04. The maximum absolute atomic E-state index is 13.0. The number of aryl methyl sites for hydroxylation is 2. The zero-order valence-electron chi connectivity index (χ0n) is 14.1. The summed E-state index contributed by atoms with van der Waals surface area (Å²) in [6, 6.07) is 6.37. The quantitative estimate of drug-likeness (QED) is 0.645. The molecule has 6 nitrogen and oxygen atoms in total. The standard InChI is InChI=1S/C18H14ClN3O3S/c1-3-4-11-8-13(23)22-14-15(26-18(22)20-11)17(25)21(16(14)24)12-6-5-10(19)7-9(12)2/h5-8H,3-4H2,1-2H3. The van der Waals surface area contributed by atoms with Gasteiger partial charge >= 0.3 is 0 Å². The molecule has 0 atom stereocenters. The minimum absolute atomic E-state index is 0.0879. The number of halogens is 1. The summed E-state index contributed by atoms with van der Waals surface area (Å²) in [4.78, 5) is 44.5. The average Bonchev–Trinajstić information content (AvgIpc) is 3.06. The van der Waals surface area contributed by atoms with Crippen LogP contribution in [0.5, 0.6) is 0 Å². The van der Waals surface area contributed by atoms with E-state index in [4.69, 9.17) is 11.6 Å². The molecule has 0 spiro atoms. The molecule has 3 aromatic rings. The van der Waals surface area contributed by atoms with E-state index in [2.05, 4.69) is 4.98 Å². The number of hydrogen-bond acceptors (Lipinski definition) is 5. The number of benzene rings is 1. The second-order valence-electron chi connectivity index (χ2n) is 6.11. The first kappa shape index (κ1) is 16.9. The van der Waals surface area contributed by atoms with E-state index in [1.54, 1.807) is 25.1 Å². The molecule has 2 aromatic heterocycles. The number of hydrogen-bond donors (Lipinski definition) is 0. The zero-order chi connectivity index (χ0) is 18.6. The van der Waals surface area contributed by atoms with Crippen LogP contribution in [-0.2, 0) is 6.42 Å². The molecule has 1 aromatic carbocycles. The van der Waals surface area contributed by atoms with E-state index < -0.39 is 11.8 Å². The summed E-state index contributed by atoms with van der Waals surface area (Å²) in [7, 11) is 0. The molecule has 26 heavy (non-hydrogen) atoms. The monoisotopic (exact) mass is 387 g/mol. The minimum Gasteiger partial charge on any atom is -0.269 e. The molecule has 0 aliphatic carbocycles. The Morgan fingerprint density at radius 1 is 1.15 bits per heavy atom. The highest BCUT2D eigenvalue weighted by Gasteiger charge is 2.42. The van der Waals surface area contributed by atoms with Crippen molar-refractivity contribution in [3.05, 3.63) is 61.5 Å². The van der Waals surface area contributed by atoms with Gasteiger partial charge in [-0.25, -0.2) is 14.3 Å². The van der Waals surface area contributed by atoms with E-state index in [0.29, 0.717) is 33.3 Å². The van der Waals surface area contributed by atoms with Crippen LogP contribution < -0.4 is 10.5 Å². The van der Waals surface area contributed by atoms with Crippen molar-refractivity contribution >= 4 is 45.4 Å². The number of rotatable bonds is 3. The molecule has 0 unspecified atom stereocenters. The Balaban J connectivity index is 1.89. The van der Waals surface area contributed by atoms with Crippen LogP contribution >= 0.6 is 22.9 Å². The lowest BCUT2D eigenvalue weighted by atomic mass is 10.2. The van der Waals surface area contributed by atoms with Gasteiger partial charge in [-0.3, -0.25) is 14.4 Å². The first-order chi connectivity index (χ1) is 12.4. The number of aromatic nitrogens is 2. The number of thiazole rings is 1. The van der Waals surface area contributed by atoms with Gasteiger partial charge in [0.15, 0.2) is 4.96 Å². The molecule has 0 saturated carbocycles. The van der Waals surface area contributed by atoms with Crippen molar-refractivity contribution in [3.8, 4) is 0 Å². The van der Waals surface area contributed by atoms with Crippen LogP contribution in [-0.4, -0.2) is 21.2 Å². The van der Waals surface area contributed by atoms with Crippen molar-refractivity contribution in [2.75, 3.05) is 4.90 Å². The SMILES string of the molecule is CCCc1cc(=O)n2c3c(sc2n1)C(=O)N(c1ccc(Cl)cc1C)C3=O. The van der Waals surface area contributed by atoms with Crippen LogP contribution in [0, 0.1) is 6.92 Å². The van der Waals surface area contributed by atoms with Crippen LogP contribution in [0.4, 0.5) is 5.69 Å². The van der Waals surface area contributed by atoms with Crippen LogP contribution in [0.15, 0.2) is 29.1 Å². The molecule has 0 radical (unpaired) electrons. The summed E-state index contributed by atoms with van der Waals surface area (Å²) in [5.74, 6) is -0.962. The maximum atomic E-state index is 13.0. The Kier molecular flexibility index (Phi) is 3.93. The van der Waals surface area contributed by atoms with Crippen molar-refractivity contribution in [1.82, 2.24) is 9.38 Å². The van der Waals surface area contributed by atoms with Crippen molar-refractivity contribution < 1.29 is 9.59 Å². The normalized spacial score (nSPS) is 13.7. The summed E-state index contributed by atoms with van der Waals surface area (Å²) in [5, 5.41) is 0.523. The molecule has 0 fully saturated rings. The molecule has 0 saturated heterocycles. The first-order valence-electron chi connectivity index (χ1n) is 8.12. The maximum Gasteiger partial charge on any atom is 0.284 e. The molecule has 132 valence electrons. The number of amides is 2. The van der Waals surface area contributed by atoms with Gasteiger partial charge in [0, 0.05) is 16.8 Å². The van der Waals surface area contributed by atoms with E-state index in [-0.39, 0.29) is 16.1 Å². The molecule has 8 heteroatoms. The van der Waals surface area contributed by atoms with E-state index in [1.165, 1.54) is 10.5 Å². The molecule has 2 amide bonds. The highest BCUT2D eigenvalue weighted by Crippen LogP contribution is 2.35. The molecule has 1 aliphatic rings. The van der Waals surface area contributed by atoms with E-state index in [9.17, 15) is 14.4 Å². The minimum atomic E-state index is -0.520. The van der Waals surface area contributed by atoms with Gasteiger partial charge in [-0.05, 0) is 37.1 Å². The highest BCUT2D eigenvalue weighted by molar-refractivity contribution is 7.19. The van der Waals surface area contributed by atoms with Crippen molar-refractivity contribution in [2.45, 2.75) is 26.7 Å². The number of anilines is 1. The second-order valence-corrected chi connectivity index (χ2v) is 7.52. The summed E-state index contributed by atoms with van der Waals surface area (Å²) in [5.41, 5.74) is 1.58. The fourth-order valence-electron chi connectivity index (χ4n) is 3.13. The summed E-state index contributed by atoms with van der Waals surface area (Å²) in [6.45, 7) is 3.77. The fourth-order valence-corrected chi connectivity index (χ4v) is 4.43. The van der Waals surface area contributed by atoms with Crippen LogP contribution in [0.3, 0.4) is 0 Å². The Labute approximate surface area is 157 Å². The molecular weight excluding hydrogens is 374 g/mol. The van der Waals surface area contributed by atoms with Gasteiger partial charge in [0.25, 0.3) is 17.4 Å². The second kappa shape index (κ2) is 6.03. The molecule has 1 aliphatic heterocycles. The first-order valence-corrected chi connectivity index (χ1v) is 9.32. The van der Waals surface area contributed by atoms with Crippen molar-refractivity contribution in [1.29, 1.82) is 0 Å². The van der Waals surface area contributed by atoms with Gasteiger partial charge in [0.2, 0.25) is 0 Å². The third kappa shape index (κ3) is 2.39. The number of imide groups is 1. The van der Waals surface area contributed by atoms with Crippen molar-refractivity contribution in [3.63, 3.8) is 0 Å². The van der Waals surface area contributed by atoms with Crippen LogP contribution in [0.25, 0.3) is 4.96 Å². The van der Waals surface area contributed by atoms with Crippen molar-refractivity contribution in [2.24, 2.45) is 0 Å². The fraction of sp³-hybridized carbons (Fsp3) is 0.222. The lowest BCUT2D eigenvalue weighted by molar-refractivity contribution is 0.0924. The lowest BCUT2D eigenvalue weighted by Gasteiger charge is -2.16. The van der Waals surface area contributed by atoms with Gasteiger partial charge < -0.3 is 0 Å². The molecule has 4 rings (SSSR count). The van der Waals surface area contributed by atoms with E-state index >= 15 is 0 Å². The Morgan fingerprint density at radius 2 is 1.92 bits per heavy atom. The third-order valence-electron chi connectivity index (χ3n) is 4.28.